The SMILES string of the molecule is CCOC(=O)OC(=O)CCCC/C=C\C(C)C. The molecule has 0 rings (SSSR count). The molecule has 0 N–H and O–H groups in total. The van der Waals surface area contributed by atoms with Gasteiger partial charge in [-0.05, 0) is 32.1 Å². The maximum Gasteiger partial charge on any atom is 0.516 e. The highest BCUT2D eigenvalue weighted by Gasteiger charge is 2.09. The monoisotopic (exact) mass is 242 g/mol. The van der Waals surface area contributed by atoms with Crippen LogP contribution in [0.5, 0.6) is 0 Å². The van der Waals surface area contributed by atoms with Crippen LogP contribution in [0, 0.1) is 5.92 Å². The summed E-state index contributed by atoms with van der Waals surface area (Å²) in [5.74, 6) is 0.0417. The second kappa shape index (κ2) is 9.87. The van der Waals surface area contributed by atoms with Crippen molar-refractivity contribution in [3.8, 4) is 0 Å². The fraction of sp³-hybridized carbons (Fsp3) is 0.692. The van der Waals surface area contributed by atoms with E-state index < -0.39 is 12.1 Å². The van der Waals surface area contributed by atoms with Gasteiger partial charge >= 0.3 is 12.1 Å². The van der Waals surface area contributed by atoms with Crippen LogP contribution in [0.2, 0.25) is 0 Å². The fourth-order valence-electron chi connectivity index (χ4n) is 1.19. The van der Waals surface area contributed by atoms with Gasteiger partial charge in [0.15, 0.2) is 0 Å². The Morgan fingerprint density at radius 1 is 1.24 bits per heavy atom. The van der Waals surface area contributed by atoms with Gasteiger partial charge in [-0.2, -0.15) is 0 Å². The number of esters is 1. The molecule has 0 aromatic rings. The molecular formula is C13H22O4. The largest absolute Gasteiger partial charge is 0.516 e. The van der Waals surface area contributed by atoms with E-state index in [1.807, 2.05) is 0 Å². The number of carbonyl (C=O) groups is 2. The molecular weight excluding hydrogens is 220 g/mol. The Labute approximate surface area is 103 Å². The summed E-state index contributed by atoms with van der Waals surface area (Å²) in [5.41, 5.74) is 0. The number of carbonyl (C=O) groups excluding carboxylic acids is 2. The molecule has 0 heterocycles. The van der Waals surface area contributed by atoms with Gasteiger partial charge in [0.05, 0.1) is 6.61 Å². The van der Waals surface area contributed by atoms with Crippen molar-refractivity contribution in [2.24, 2.45) is 5.92 Å². The van der Waals surface area contributed by atoms with Crippen LogP contribution >= 0.6 is 0 Å². The topological polar surface area (TPSA) is 52.6 Å². The average molecular weight is 242 g/mol. The van der Waals surface area contributed by atoms with Gasteiger partial charge in [-0.3, -0.25) is 4.79 Å². The van der Waals surface area contributed by atoms with E-state index in [0.29, 0.717) is 5.92 Å². The van der Waals surface area contributed by atoms with Crippen LogP contribution < -0.4 is 0 Å². The van der Waals surface area contributed by atoms with Gasteiger partial charge < -0.3 is 9.47 Å². The molecule has 0 saturated heterocycles. The molecule has 0 fully saturated rings. The second-order valence-corrected chi connectivity index (χ2v) is 4.08. The number of ether oxygens (including phenoxy) is 2. The highest BCUT2D eigenvalue weighted by molar-refractivity contribution is 5.81. The predicted molar refractivity (Wildman–Crippen MR) is 65.6 cm³/mol. The van der Waals surface area contributed by atoms with E-state index in [1.54, 1.807) is 6.92 Å². The standard InChI is InChI=1S/C13H22O4/c1-4-16-13(15)17-12(14)10-8-6-5-7-9-11(2)3/h7,9,11H,4-6,8,10H2,1-3H3/b9-7-. The van der Waals surface area contributed by atoms with Crippen LogP contribution in [0.15, 0.2) is 12.2 Å². The molecule has 0 aliphatic rings. The molecule has 4 heteroatoms. The van der Waals surface area contributed by atoms with E-state index >= 15 is 0 Å². The third-order valence-corrected chi connectivity index (χ3v) is 1.98. The first-order valence-corrected chi connectivity index (χ1v) is 6.10. The van der Waals surface area contributed by atoms with Gasteiger partial charge in [0.2, 0.25) is 0 Å². The van der Waals surface area contributed by atoms with Crippen molar-refractivity contribution < 1.29 is 19.1 Å². The molecule has 0 aromatic carbocycles. The Kier molecular flexibility index (Phi) is 9.11. The molecule has 0 saturated carbocycles. The number of allylic oxidation sites excluding steroid dienone is 2. The van der Waals surface area contributed by atoms with Gasteiger partial charge in [-0.15, -0.1) is 0 Å². The first-order valence-electron chi connectivity index (χ1n) is 6.10. The Bertz CT molecular complexity index is 256. The van der Waals surface area contributed by atoms with Gasteiger partial charge in [-0.25, -0.2) is 4.79 Å². The van der Waals surface area contributed by atoms with E-state index in [2.05, 4.69) is 35.5 Å². The van der Waals surface area contributed by atoms with Crippen molar-refractivity contribution in [1.29, 1.82) is 0 Å². The molecule has 0 bridgehead atoms. The number of unbranched alkanes of at least 4 members (excludes halogenated alkanes) is 2. The summed E-state index contributed by atoms with van der Waals surface area (Å²) in [5, 5.41) is 0. The molecule has 0 aliphatic heterocycles. The minimum absolute atomic E-state index is 0.214. The molecule has 0 radical (unpaired) electrons. The van der Waals surface area contributed by atoms with Crippen molar-refractivity contribution in [1.82, 2.24) is 0 Å². The van der Waals surface area contributed by atoms with Crippen molar-refractivity contribution in [2.45, 2.75) is 46.5 Å². The lowest BCUT2D eigenvalue weighted by molar-refractivity contribution is -0.139. The van der Waals surface area contributed by atoms with Gasteiger partial charge in [-0.1, -0.05) is 26.0 Å². The Balaban J connectivity index is 3.48. The van der Waals surface area contributed by atoms with Crippen LogP contribution in [0.25, 0.3) is 0 Å². The summed E-state index contributed by atoms with van der Waals surface area (Å²) in [6, 6.07) is 0. The first-order chi connectivity index (χ1) is 8.06. The van der Waals surface area contributed by atoms with Crippen molar-refractivity contribution >= 4 is 12.1 Å². The smallest absolute Gasteiger partial charge is 0.434 e. The lowest BCUT2D eigenvalue weighted by Gasteiger charge is -2.02. The lowest BCUT2D eigenvalue weighted by atomic mass is 10.1. The van der Waals surface area contributed by atoms with Crippen LogP contribution in [-0.4, -0.2) is 18.7 Å². The minimum Gasteiger partial charge on any atom is -0.434 e. The van der Waals surface area contributed by atoms with Crippen LogP contribution in [0.1, 0.15) is 46.5 Å². The van der Waals surface area contributed by atoms with Crippen LogP contribution in [-0.2, 0) is 14.3 Å². The minimum atomic E-state index is -0.905. The van der Waals surface area contributed by atoms with E-state index in [4.69, 9.17) is 0 Å². The molecule has 0 unspecified atom stereocenters. The Morgan fingerprint density at radius 2 is 1.94 bits per heavy atom. The molecule has 0 aromatic heterocycles. The van der Waals surface area contributed by atoms with Gasteiger partial charge in [0.25, 0.3) is 0 Å². The van der Waals surface area contributed by atoms with Crippen molar-refractivity contribution in [2.75, 3.05) is 6.61 Å². The zero-order valence-corrected chi connectivity index (χ0v) is 10.9. The third kappa shape index (κ3) is 11.0. The Hall–Kier alpha value is -1.32. The third-order valence-electron chi connectivity index (χ3n) is 1.98. The highest BCUT2D eigenvalue weighted by atomic mass is 16.7. The summed E-state index contributed by atoms with van der Waals surface area (Å²) in [6.07, 6.45) is 6.19. The van der Waals surface area contributed by atoms with Crippen molar-refractivity contribution in [3.05, 3.63) is 12.2 Å². The average Bonchev–Trinajstić information content (AvgIpc) is 2.23. The van der Waals surface area contributed by atoms with Gasteiger partial charge in [0, 0.05) is 6.42 Å². The highest BCUT2D eigenvalue weighted by Crippen LogP contribution is 2.04. The predicted octanol–water partition coefficient (Wildman–Crippen LogP) is 3.46. The zero-order chi connectivity index (χ0) is 13.1. The lowest BCUT2D eigenvalue weighted by Crippen LogP contribution is -2.13. The summed E-state index contributed by atoms with van der Waals surface area (Å²) < 4.78 is 8.91. The van der Waals surface area contributed by atoms with E-state index in [9.17, 15) is 9.59 Å². The molecule has 17 heavy (non-hydrogen) atoms. The summed E-state index contributed by atoms with van der Waals surface area (Å²) in [7, 11) is 0. The summed E-state index contributed by atoms with van der Waals surface area (Å²) >= 11 is 0. The molecule has 4 nitrogen and oxygen atoms in total. The number of rotatable bonds is 7. The van der Waals surface area contributed by atoms with Crippen LogP contribution in [0.3, 0.4) is 0 Å². The molecule has 0 amide bonds. The molecule has 98 valence electrons. The summed E-state index contributed by atoms with van der Waals surface area (Å²) in [4.78, 5) is 21.9. The maximum atomic E-state index is 11.1. The number of hydrogen-bond donors (Lipinski definition) is 0. The van der Waals surface area contributed by atoms with Crippen LogP contribution in [0.4, 0.5) is 4.79 Å². The van der Waals surface area contributed by atoms with E-state index in [1.165, 1.54) is 0 Å². The Morgan fingerprint density at radius 3 is 2.53 bits per heavy atom. The van der Waals surface area contributed by atoms with Gasteiger partial charge in [0.1, 0.15) is 0 Å². The molecule has 0 spiro atoms. The fourth-order valence-corrected chi connectivity index (χ4v) is 1.19. The molecule has 0 aliphatic carbocycles. The number of hydrogen-bond acceptors (Lipinski definition) is 4. The summed E-state index contributed by atoms with van der Waals surface area (Å²) in [6.45, 7) is 6.11. The van der Waals surface area contributed by atoms with E-state index in [0.717, 1.165) is 19.3 Å². The molecule has 0 atom stereocenters. The zero-order valence-electron chi connectivity index (χ0n) is 10.9. The van der Waals surface area contributed by atoms with Crippen molar-refractivity contribution in [3.63, 3.8) is 0 Å². The maximum absolute atomic E-state index is 11.1. The quantitative estimate of drug-likeness (QED) is 0.297. The first kappa shape index (κ1) is 15.7. The van der Waals surface area contributed by atoms with E-state index in [-0.39, 0.29) is 13.0 Å². The second-order valence-electron chi connectivity index (χ2n) is 4.08. The normalized spacial score (nSPS) is 10.8.